The number of hydrogen-bond donors (Lipinski definition) is 1. The first-order chi connectivity index (χ1) is 13.9. The average molecular weight is 431 g/mol. The molecule has 9 heteroatoms. The molecule has 0 bridgehead atoms. The number of thiophene rings is 1. The third-order valence-corrected chi connectivity index (χ3v) is 6.35. The van der Waals surface area contributed by atoms with Gasteiger partial charge in [0.15, 0.2) is 11.0 Å². The molecule has 0 aliphatic rings. The Morgan fingerprint density at radius 1 is 1.21 bits per heavy atom. The number of carbonyl (C=O) groups is 2. The van der Waals surface area contributed by atoms with Gasteiger partial charge in [-0.2, -0.15) is 0 Å². The maximum Gasteiger partial charge on any atom is 0.348 e. The zero-order chi connectivity index (χ0) is 21.0. The summed E-state index contributed by atoms with van der Waals surface area (Å²) in [5.74, 6) is 0.407. The van der Waals surface area contributed by atoms with Crippen molar-refractivity contribution in [2.75, 3.05) is 17.7 Å². The highest BCUT2D eigenvalue weighted by Gasteiger charge is 2.17. The summed E-state index contributed by atoms with van der Waals surface area (Å²) in [7, 11) is 1.89. The smallest absolute Gasteiger partial charge is 0.348 e. The van der Waals surface area contributed by atoms with Crippen molar-refractivity contribution in [3.05, 3.63) is 46.3 Å². The van der Waals surface area contributed by atoms with E-state index in [0.29, 0.717) is 21.6 Å². The molecular formula is C20H22N4O3S2. The first-order valence-electron chi connectivity index (χ1n) is 9.06. The number of benzene rings is 1. The van der Waals surface area contributed by atoms with Crippen LogP contribution in [0, 0.1) is 13.8 Å². The van der Waals surface area contributed by atoms with Gasteiger partial charge in [-0.15, -0.1) is 21.5 Å². The Balaban J connectivity index is 1.63. The molecule has 3 aromatic rings. The Labute approximate surface area is 177 Å². The number of amides is 1. The highest BCUT2D eigenvalue weighted by atomic mass is 32.2. The molecule has 29 heavy (non-hydrogen) atoms. The summed E-state index contributed by atoms with van der Waals surface area (Å²) in [5.41, 5.74) is 2.91. The van der Waals surface area contributed by atoms with Gasteiger partial charge in [0.25, 0.3) is 0 Å². The van der Waals surface area contributed by atoms with Crippen LogP contribution in [0.5, 0.6) is 0 Å². The summed E-state index contributed by atoms with van der Waals surface area (Å²) in [6.45, 7) is 5.92. The predicted molar refractivity (Wildman–Crippen MR) is 116 cm³/mol. The summed E-state index contributed by atoms with van der Waals surface area (Å²) in [4.78, 5) is 24.8. The normalized spacial score (nSPS) is 10.8. The van der Waals surface area contributed by atoms with Gasteiger partial charge in [-0.05, 0) is 38.0 Å². The number of aromatic nitrogens is 3. The fourth-order valence-corrected chi connectivity index (χ4v) is 4.44. The molecule has 2 aromatic heterocycles. The van der Waals surface area contributed by atoms with Crippen LogP contribution in [0.2, 0.25) is 0 Å². The molecule has 152 valence electrons. The molecule has 0 saturated heterocycles. The Kier molecular flexibility index (Phi) is 6.71. The fourth-order valence-electron chi connectivity index (χ4n) is 2.75. The standard InChI is InChI=1S/C20H22N4O3S2/c1-5-27-19(26)17-13(3)10-16(29-17)21-15(25)11-28-20-23-22-18(24(20)4)14-9-7-6-8-12(14)2/h6-10H,5,11H2,1-4H3,(H,21,25). The summed E-state index contributed by atoms with van der Waals surface area (Å²) in [6, 6.07) is 9.75. The van der Waals surface area contributed by atoms with E-state index in [2.05, 4.69) is 15.5 Å². The minimum atomic E-state index is -0.368. The number of nitrogens with one attached hydrogen (secondary N) is 1. The number of esters is 1. The molecule has 0 saturated carbocycles. The van der Waals surface area contributed by atoms with Crippen molar-refractivity contribution in [3.63, 3.8) is 0 Å². The van der Waals surface area contributed by atoms with Gasteiger partial charge in [-0.25, -0.2) is 4.79 Å². The summed E-state index contributed by atoms with van der Waals surface area (Å²) in [5, 5.41) is 12.6. The maximum absolute atomic E-state index is 12.3. The van der Waals surface area contributed by atoms with Crippen LogP contribution >= 0.6 is 23.1 Å². The van der Waals surface area contributed by atoms with Crippen LogP contribution in [0.15, 0.2) is 35.5 Å². The lowest BCUT2D eigenvalue weighted by Gasteiger charge is -2.06. The summed E-state index contributed by atoms with van der Waals surface area (Å²) < 4.78 is 6.91. The molecule has 1 amide bonds. The van der Waals surface area contributed by atoms with Crippen molar-refractivity contribution in [3.8, 4) is 11.4 Å². The van der Waals surface area contributed by atoms with Crippen molar-refractivity contribution < 1.29 is 14.3 Å². The van der Waals surface area contributed by atoms with Gasteiger partial charge in [0.1, 0.15) is 4.88 Å². The quantitative estimate of drug-likeness (QED) is 0.449. The largest absolute Gasteiger partial charge is 0.462 e. The molecule has 0 aliphatic carbocycles. The minimum absolute atomic E-state index is 0.174. The third kappa shape index (κ3) is 4.86. The van der Waals surface area contributed by atoms with Crippen molar-refractivity contribution >= 4 is 40.0 Å². The number of carbonyl (C=O) groups excluding carboxylic acids is 2. The molecule has 0 unspecified atom stereocenters. The van der Waals surface area contributed by atoms with Crippen molar-refractivity contribution in [1.29, 1.82) is 0 Å². The van der Waals surface area contributed by atoms with E-state index in [-0.39, 0.29) is 17.6 Å². The molecule has 1 aromatic carbocycles. The van der Waals surface area contributed by atoms with E-state index in [1.165, 1.54) is 23.1 Å². The predicted octanol–water partition coefficient (Wildman–Crippen LogP) is 4.07. The van der Waals surface area contributed by atoms with Crippen LogP contribution in [0.3, 0.4) is 0 Å². The van der Waals surface area contributed by atoms with Crippen LogP contribution in [-0.4, -0.2) is 39.0 Å². The zero-order valence-corrected chi connectivity index (χ0v) is 18.3. The van der Waals surface area contributed by atoms with Crippen LogP contribution in [0.4, 0.5) is 5.00 Å². The Morgan fingerprint density at radius 2 is 1.97 bits per heavy atom. The number of aryl methyl sites for hydroxylation is 2. The molecule has 0 atom stereocenters. The molecular weight excluding hydrogens is 408 g/mol. The second-order valence-corrected chi connectivity index (χ2v) is 8.35. The average Bonchev–Trinajstić information content (AvgIpc) is 3.23. The number of rotatable bonds is 7. The lowest BCUT2D eigenvalue weighted by atomic mass is 10.1. The molecule has 7 nitrogen and oxygen atoms in total. The molecule has 1 N–H and O–H groups in total. The monoisotopic (exact) mass is 430 g/mol. The Bertz CT molecular complexity index is 1040. The molecule has 0 spiro atoms. The zero-order valence-electron chi connectivity index (χ0n) is 16.7. The third-order valence-electron chi connectivity index (χ3n) is 4.19. The van der Waals surface area contributed by atoms with E-state index in [0.717, 1.165) is 22.5 Å². The van der Waals surface area contributed by atoms with Crippen LogP contribution < -0.4 is 5.32 Å². The van der Waals surface area contributed by atoms with E-state index in [4.69, 9.17) is 4.74 Å². The lowest BCUT2D eigenvalue weighted by Crippen LogP contribution is -2.13. The first kappa shape index (κ1) is 21.1. The van der Waals surface area contributed by atoms with E-state index < -0.39 is 0 Å². The molecule has 0 radical (unpaired) electrons. The maximum atomic E-state index is 12.3. The lowest BCUT2D eigenvalue weighted by molar-refractivity contribution is -0.113. The fraction of sp³-hybridized carbons (Fsp3) is 0.300. The van der Waals surface area contributed by atoms with Gasteiger partial charge < -0.3 is 14.6 Å². The Morgan fingerprint density at radius 3 is 2.69 bits per heavy atom. The van der Waals surface area contributed by atoms with E-state index in [9.17, 15) is 9.59 Å². The first-order valence-corrected chi connectivity index (χ1v) is 10.9. The highest BCUT2D eigenvalue weighted by Crippen LogP contribution is 2.28. The van der Waals surface area contributed by atoms with Crippen molar-refractivity contribution in [2.45, 2.75) is 25.9 Å². The van der Waals surface area contributed by atoms with E-state index >= 15 is 0 Å². The Hall–Kier alpha value is -2.65. The molecule has 0 aliphatic heterocycles. The van der Waals surface area contributed by atoms with Crippen LogP contribution in [0.1, 0.15) is 27.7 Å². The number of hydrogen-bond acceptors (Lipinski definition) is 7. The minimum Gasteiger partial charge on any atom is -0.462 e. The van der Waals surface area contributed by atoms with Crippen LogP contribution in [0.25, 0.3) is 11.4 Å². The van der Waals surface area contributed by atoms with Gasteiger partial charge in [-0.1, -0.05) is 36.0 Å². The topological polar surface area (TPSA) is 86.1 Å². The summed E-state index contributed by atoms with van der Waals surface area (Å²) in [6.07, 6.45) is 0. The molecule has 3 rings (SSSR count). The number of thioether (sulfide) groups is 1. The second kappa shape index (κ2) is 9.23. The number of ether oxygens (including phenoxy) is 1. The van der Waals surface area contributed by atoms with E-state index in [1.807, 2.05) is 49.7 Å². The SMILES string of the molecule is CCOC(=O)c1sc(NC(=O)CSc2nnc(-c3ccccc3C)n2C)cc1C. The van der Waals surface area contributed by atoms with Gasteiger partial charge in [0, 0.05) is 12.6 Å². The van der Waals surface area contributed by atoms with Gasteiger partial charge in [0.05, 0.1) is 17.4 Å². The molecule has 0 fully saturated rings. The number of anilines is 1. The van der Waals surface area contributed by atoms with Crippen molar-refractivity contribution in [2.24, 2.45) is 7.05 Å². The van der Waals surface area contributed by atoms with Gasteiger partial charge in [-0.3, -0.25) is 4.79 Å². The van der Waals surface area contributed by atoms with E-state index in [1.54, 1.807) is 13.0 Å². The van der Waals surface area contributed by atoms with Gasteiger partial charge >= 0.3 is 5.97 Å². The summed E-state index contributed by atoms with van der Waals surface area (Å²) >= 11 is 2.53. The number of nitrogens with zero attached hydrogens (tertiary/aromatic N) is 3. The van der Waals surface area contributed by atoms with Crippen molar-refractivity contribution in [1.82, 2.24) is 14.8 Å². The van der Waals surface area contributed by atoms with Gasteiger partial charge in [0.2, 0.25) is 5.91 Å². The highest BCUT2D eigenvalue weighted by molar-refractivity contribution is 7.99. The second-order valence-electron chi connectivity index (χ2n) is 6.36. The van der Waals surface area contributed by atoms with Crippen LogP contribution in [-0.2, 0) is 16.6 Å². The molecule has 2 heterocycles.